The SMILES string of the molecule is C#CCn1c(CCNCC(C)C)nc2cc(Cl)ccc21. The molecule has 0 aliphatic carbocycles. The number of hydrogen-bond acceptors (Lipinski definition) is 2. The first-order valence-electron chi connectivity index (χ1n) is 6.90. The fourth-order valence-electron chi connectivity index (χ4n) is 2.20. The van der Waals surface area contributed by atoms with Crippen LogP contribution in [-0.4, -0.2) is 22.6 Å². The van der Waals surface area contributed by atoms with Crippen molar-refractivity contribution in [1.29, 1.82) is 0 Å². The van der Waals surface area contributed by atoms with Gasteiger partial charge in [-0.2, -0.15) is 0 Å². The highest BCUT2D eigenvalue weighted by Crippen LogP contribution is 2.20. The number of terminal acetylenes is 1. The lowest BCUT2D eigenvalue weighted by atomic mass is 10.2. The molecular formula is C16H20ClN3. The highest BCUT2D eigenvalue weighted by atomic mass is 35.5. The zero-order valence-corrected chi connectivity index (χ0v) is 12.7. The molecule has 0 radical (unpaired) electrons. The maximum Gasteiger partial charge on any atom is 0.111 e. The highest BCUT2D eigenvalue weighted by molar-refractivity contribution is 6.31. The van der Waals surface area contributed by atoms with Crippen molar-refractivity contribution in [3.05, 3.63) is 29.0 Å². The standard InChI is InChI=1S/C16H20ClN3/c1-4-9-20-15-6-5-13(17)10-14(15)19-16(20)7-8-18-11-12(2)3/h1,5-6,10,12,18H,7-9,11H2,2-3H3. The van der Waals surface area contributed by atoms with Crippen molar-refractivity contribution < 1.29 is 0 Å². The second kappa shape index (κ2) is 6.78. The highest BCUT2D eigenvalue weighted by Gasteiger charge is 2.10. The summed E-state index contributed by atoms with van der Waals surface area (Å²) in [5.74, 6) is 4.36. The van der Waals surface area contributed by atoms with Crippen LogP contribution < -0.4 is 5.32 Å². The predicted octanol–water partition coefficient (Wildman–Crippen LogP) is 3.11. The number of benzene rings is 1. The van der Waals surface area contributed by atoms with E-state index in [4.69, 9.17) is 18.0 Å². The molecule has 1 aromatic carbocycles. The molecule has 2 aromatic rings. The summed E-state index contributed by atoms with van der Waals surface area (Å²) in [6, 6.07) is 5.74. The van der Waals surface area contributed by atoms with E-state index in [-0.39, 0.29) is 0 Å². The molecule has 0 aliphatic rings. The van der Waals surface area contributed by atoms with Gasteiger partial charge in [-0.15, -0.1) is 6.42 Å². The number of nitrogens with one attached hydrogen (secondary N) is 1. The van der Waals surface area contributed by atoms with Crippen LogP contribution in [0.25, 0.3) is 11.0 Å². The number of halogens is 1. The lowest BCUT2D eigenvalue weighted by Gasteiger charge is -2.08. The van der Waals surface area contributed by atoms with Gasteiger partial charge in [-0.3, -0.25) is 0 Å². The maximum absolute atomic E-state index is 6.02. The topological polar surface area (TPSA) is 29.9 Å². The molecule has 0 spiro atoms. The second-order valence-corrected chi connectivity index (χ2v) is 5.74. The number of fused-ring (bicyclic) bond motifs is 1. The summed E-state index contributed by atoms with van der Waals surface area (Å²) in [6.45, 7) is 6.85. The molecule has 3 nitrogen and oxygen atoms in total. The van der Waals surface area contributed by atoms with Crippen LogP contribution in [0, 0.1) is 18.3 Å². The number of aromatic nitrogens is 2. The fourth-order valence-corrected chi connectivity index (χ4v) is 2.37. The molecule has 1 N–H and O–H groups in total. The third kappa shape index (κ3) is 3.53. The van der Waals surface area contributed by atoms with Crippen molar-refractivity contribution in [3.63, 3.8) is 0 Å². The molecule has 0 amide bonds. The van der Waals surface area contributed by atoms with Gasteiger partial charge in [-0.25, -0.2) is 4.98 Å². The van der Waals surface area contributed by atoms with Crippen LogP contribution in [0.3, 0.4) is 0 Å². The van der Waals surface area contributed by atoms with Gasteiger partial charge in [0.05, 0.1) is 17.6 Å². The average Bonchev–Trinajstić information content (AvgIpc) is 2.72. The summed E-state index contributed by atoms with van der Waals surface area (Å²) in [5.41, 5.74) is 1.96. The van der Waals surface area contributed by atoms with Gasteiger partial charge in [0, 0.05) is 18.0 Å². The first-order valence-corrected chi connectivity index (χ1v) is 7.28. The quantitative estimate of drug-likeness (QED) is 0.654. The van der Waals surface area contributed by atoms with Gasteiger partial charge >= 0.3 is 0 Å². The van der Waals surface area contributed by atoms with Crippen molar-refractivity contribution in [2.24, 2.45) is 5.92 Å². The molecule has 0 unspecified atom stereocenters. The molecule has 106 valence electrons. The number of rotatable bonds is 6. The summed E-state index contributed by atoms with van der Waals surface area (Å²) in [7, 11) is 0. The van der Waals surface area contributed by atoms with E-state index >= 15 is 0 Å². The van der Waals surface area contributed by atoms with E-state index in [0.717, 1.165) is 36.4 Å². The number of nitrogens with zero attached hydrogens (tertiary/aromatic N) is 2. The Morgan fingerprint density at radius 1 is 1.45 bits per heavy atom. The molecule has 1 aromatic heterocycles. The summed E-state index contributed by atoms with van der Waals surface area (Å²) in [6.07, 6.45) is 6.33. The van der Waals surface area contributed by atoms with E-state index in [0.29, 0.717) is 17.5 Å². The molecule has 0 saturated carbocycles. The summed E-state index contributed by atoms with van der Waals surface area (Å²) in [5, 5.41) is 4.13. The van der Waals surface area contributed by atoms with Gasteiger partial charge in [0.25, 0.3) is 0 Å². The van der Waals surface area contributed by atoms with E-state index < -0.39 is 0 Å². The average molecular weight is 290 g/mol. The van der Waals surface area contributed by atoms with Crippen molar-refractivity contribution in [3.8, 4) is 12.3 Å². The number of imidazole rings is 1. The van der Waals surface area contributed by atoms with Crippen LogP contribution in [0.1, 0.15) is 19.7 Å². The summed E-state index contributed by atoms with van der Waals surface area (Å²) in [4.78, 5) is 4.65. The minimum atomic E-state index is 0.539. The van der Waals surface area contributed by atoms with Crippen LogP contribution in [-0.2, 0) is 13.0 Å². The van der Waals surface area contributed by atoms with Crippen molar-refractivity contribution >= 4 is 22.6 Å². The van der Waals surface area contributed by atoms with Gasteiger partial charge < -0.3 is 9.88 Å². The Hall–Kier alpha value is -1.50. The number of hydrogen-bond donors (Lipinski definition) is 1. The molecule has 0 bridgehead atoms. The van der Waals surface area contributed by atoms with Gasteiger partial charge in [0.1, 0.15) is 5.82 Å². The lowest BCUT2D eigenvalue weighted by Crippen LogP contribution is -2.23. The first-order chi connectivity index (χ1) is 9.61. The predicted molar refractivity (Wildman–Crippen MR) is 85.0 cm³/mol. The van der Waals surface area contributed by atoms with E-state index in [1.54, 1.807) is 0 Å². The van der Waals surface area contributed by atoms with Crippen molar-refractivity contribution in [1.82, 2.24) is 14.9 Å². The molecule has 0 saturated heterocycles. The molecule has 1 heterocycles. The molecule has 0 aliphatic heterocycles. The molecular weight excluding hydrogens is 270 g/mol. The summed E-state index contributed by atoms with van der Waals surface area (Å²) < 4.78 is 2.09. The van der Waals surface area contributed by atoms with E-state index in [9.17, 15) is 0 Å². The lowest BCUT2D eigenvalue weighted by molar-refractivity contribution is 0.547. The Morgan fingerprint density at radius 2 is 2.25 bits per heavy atom. The van der Waals surface area contributed by atoms with Gasteiger partial charge in [0.2, 0.25) is 0 Å². The van der Waals surface area contributed by atoms with E-state index in [2.05, 4.69) is 34.6 Å². The Kier molecular flexibility index (Phi) is 5.05. The Labute approximate surface area is 125 Å². The zero-order valence-electron chi connectivity index (χ0n) is 12.0. The van der Waals surface area contributed by atoms with Crippen LogP contribution in [0.4, 0.5) is 0 Å². The van der Waals surface area contributed by atoms with Gasteiger partial charge in [-0.05, 0) is 30.7 Å². The van der Waals surface area contributed by atoms with Crippen LogP contribution in [0.2, 0.25) is 5.02 Å². The van der Waals surface area contributed by atoms with Gasteiger partial charge in [-0.1, -0.05) is 31.4 Å². The minimum Gasteiger partial charge on any atom is -0.316 e. The Bertz CT molecular complexity index is 622. The molecule has 0 atom stereocenters. The second-order valence-electron chi connectivity index (χ2n) is 5.30. The maximum atomic E-state index is 6.02. The van der Waals surface area contributed by atoms with E-state index in [1.807, 2.05) is 18.2 Å². The smallest absolute Gasteiger partial charge is 0.111 e. The third-order valence-corrected chi connectivity index (χ3v) is 3.35. The summed E-state index contributed by atoms with van der Waals surface area (Å²) >= 11 is 6.02. The van der Waals surface area contributed by atoms with Crippen LogP contribution >= 0.6 is 11.6 Å². The fraction of sp³-hybridized carbons (Fsp3) is 0.438. The molecule has 4 heteroatoms. The van der Waals surface area contributed by atoms with Crippen molar-refractivity contribution in [2.75, 3.05) is 13.1 Å². The normalized spacial score (nSPS) is 11.2. The minimum absolute atomic E-state index is 0.539. The Balaban J connectivity index is 2.18. The van der Waals surface area contributed by atoms with Crippen molar-refractivity contribution in [2.45, 2.75) is 26.8 Å². The van der Waals surface area contributed by atoms with Crippen LogP contribution in [0.15, 0.2) is 18.2 Å². The molecule has 0 fully saturated rings. The van der Waals surface area contributed by atoms with Crippen LogP contribution in [0.5, 0.6) is 0 Å². The monoisotopic (exact) mass is 289 g/mol. The third-order valence-electron chi connectivity index (χ3n) is 3.12. The first kappa shape index (κ1) is 14.9. The molecule has 2 rings (SSSR count). The van der Waals surface area contributed by atoms with E-state index in [1.165, 1.54) is 0 Å². The van der Waals surface area contributed by atoms with Gasteiger partial charge in [0.15, 0.2) is 0 Å². The Morgan fingerprint density at radius 3 is 2.95 bits per heavy atom. The zero-order chi connectivity index (χ0) is 14.5. The molecule has 20 heavy (non-hydrogen) atoms. The largest absolute Gasteiger partial charge is 0.316 e.